The van der Waals surface area contributed by atoms with E-state index in [-0.39, 0.29) is 46.9 Å². The third-order valence-corrected chi connectivity index (χ3v) is 4.15. The number of anilines is 1. The second-order valence-corrected chi connectivity index (χ2v) is 5.67. The Hall–Kier alpha value is -1.63. The van der Waals surface area contributed by atoms with Crippen LogP contribution in [-0.2, 0) is 25.5 Å². The molecule has 0 spiro atoms. The number of halogens is 1. The van der Waals surface area contributed by atoms with Gasteiger partial charge in [-0.1, -0.05) is 11.6 Å². The van der Waals surface area contributed by atoms with E-state index in [4.69, 9.17) is 26.8 Å². The molecule has 22 heavy (non-hydrogen) atoms. The van der Waals surface area contributed by atoms with Gasteiger partial charge in [0.25, 0.3) is 0 Å². The molecular weight excluding hydrogens is 310 g/mol. The molecular formula is C15H18ClNO5. The van der Waals surface area contributed by atoms with Crippen LogP contribution in [0.1, 0.15) is 12.0 Å². The van der Waals surface area contributed by atoms with E-state index in [2.05, 4.69) is 0 Å². The van der Waals surface area contributed by atoms with Crippen LogP contribution in [0.25, 0.3) is 0 Å². The highest BCUT2D eigenvalue weighted by Crippen LogP contribution is 2.32. The van der Waals surface area contributed by atoms with Crippen LogP contribution in [0.2, 0.25) is 5.02 Å². The molecule has 1 aromatic carbocycles. The van der Waals surface area contributed by atoms with Crippen molar-refractivity contribution < 1.29 is 24.2 Å². The van der Waals surface area contributed by atoms with E-state index in [0.717, 1.165) is 0 Å². The minimum atomic E-state index is -0.621. The largest absolute Gasteiger partial charge is 0.505 e. The first-order valence-corrected chi connectivity index (χ1v) is 7.24. The number of methoxy groups -OCH3 is 1. The molecule has 0 radical (unpaired) electrons. The van der Waals surface area contributed by atoms with Crippen LogP contribution in [0.15, 0.2) is 12.1 Å². The van der Waals surface area contributed by atoms with E-state index in [1.807, 2.05) is 0 Å². The number of phenolic OH excluding ortho intramolecular Hbond substituents is 1. The summed E-state index contributed by atoms with van der Waals surface area (Å²) in [7, 11) is 1.54. The summed E-state index contributed by atoms with van der Waals surface area (Å²) in [5, 5.41) is 10.1. The number of nitrogen functional groups attached to an aromatic ring is 1. The maximum atomic E-state index is 12.1. The fourth-order valence-corrected chi connectivity index (χ4v) is 2.66. The predicted octanol–water partition coefficient (Wildman–Crippen LogP) is 1.36. The molecule has 6 nitrogen and oxygen atoms in total. The summed E-state index contributed by atoms with van der Waals surface area (Å²) in [6, 6.07) is 2.92. The van der Waals surface area contributed by atoms with Crippen molar-refractivity contribution in [3.8, 4) is 5.75 Å². The minimum absolute atomic E-state index is 0.0536. The van der Waals surface area contributed by atoms with Gasteiger partial charge in [0, 0.05) is 36.5 Å². The Kier molecular flexibility index (Phi) is 5.39. The first kappa shape index (κ1) is 16.7. The molecule has 7 heteroatoms. The van der Waals surface area contributed by atoms with Gasteiger partial charge >= 0.3 is 0 Å². The second kappa shape index (κ2) is 7.09. The zero-order valence-corrected chi connectivity index (χ0v) is 12.9. The number of aromatic hydroxyl groups is 1. The van der Waals surface area contributed by atoms with Gasteiger partial charge in [-0.05, 0) is 12.1 Å². The van der Waals surface area contributed by atoms with Crippen molar-refractivity contribution in [1.82, 2.24) is 0 Å². The van der Waals surface area contributed by atoms with Crippen LogP contribution < -0.4 is 5.73 Å². The third kappa shape index (κ3) is 3.58. The average molecular weight is 328 g/mol. The highest BCUT2D eigenvalue weighted by atomic mass is 35.5. The molecule has 1 aliphatic rings. The Bertz CT molecular complexity index is 590. The molecule has 120 valence electrons. The molecule has 3 N–H and O–H groups in total. The molecule has 0 bridgehead atoms. The molecule has 2 rings (SSSR count). The molecule has 1 aromatic rings. The van der Waals surface area contributed by atoms with Crippen molar-refractivity contribution >= 4 is 28.9 Å². The summed E-state index contributed by atoms with van der Waals surface area (Å²) < 4.78 is 10.5. The third-order valence-electron chi connectivity index (χ3n) is 3.80. The van der Waals surface area contributed by atoms with E-state index in [9.17, 15) is 14.7 Å². The predicted molar refractivity (Wildman–Crippen MR) is 81.0 cm³/mol. The van der Waals surface area contributed by atoms with Gasteiger partial charge in [-0.2, -0.15) is 0 Å². The summed E-state index contributed by atoms with van der Waals surface area (Å²) in [6.07, 6.45) is -0.404. The lowest BCUT2D eigenvalue weighted by molar-refractivity contribution is -0.137. The summed E-state index contributed by atoms with van der Waals surface area (Å²) in [5.74, 6) is -1.54. The van der Waals surface area contributed by atoms with Gasteiger partial charge in [-0.25, -0.2) is 0 Å². The van der Waals surface area contributed by atoms with E-state index in [1.165, 1.54) is 12.1 Å². The Morgan fingerprint density at radius 2 is 2.14 bits per heavy atom. The standard InChI is InChI=1S/C15H18ClNO5/c1-21-14-7-22-6-8(14)4-12(18)13(19)5-9-10(16)2-3-11(17)15(9)20/h2-3,8,14,20H,4-7,17H2,1H3/t8-,14-/m0/s1. The number of hydrogen-bond donors (Lipinski definition) is 2. The Morgan fingerprint density at radius 1 is 1.41 bits per heavy atom. The fourth-order valence-electron chi connectivity index (χ4n) is 2.44. The highest BCUT2D eigenvalue weighted by molar-refractivity contribution is 6.38. The van der Waals surface area contributed by atoms with Crippen molar-refractivity contribution in [3.63, 3.8) is 0 Å². The molecule has 0 amide bonds. The van der Waals surface area contributed by atoms with Gasteiger partial charge in [0.2, 0.25) is 5.78 Å². The normalized spacial score (nSPS) is 21.0. The van der Waals surface area contributed by atoms with Gasteiger partial charge in [0.1, 0.15) is 5.75 Å². The number of hydrogen-bond acceptors (Lipinski definition) is 6. The number of ketones is 2. The lowest BCUT2D eigenvalue weighted by atomic mass is 9.95. The second-order valence-electron chi connectivity index (χ2n) is 5.26. The number of rotatable bonds is 6. The highest BCUT2D eigenvalue weighted by Gasteiger charge is 2.32. The van der Waals surface area contributed by atoms with Crippen LogP contribution in [0, 0.1) is 5.92 Å². The zero-order valence-electron chi connectivity index (χ0n) is 12.2. The SMILES string of the molecule is CO[C@H]1COC[C@@H]1CC(=O)C(=O)Cc1c(Cl)ccc(N)c1O. The molecule has 1 saturated heterocycles. The summed E-state index contributed by atoms with van der Waals surface area (Å²) >= 11 is 5.95. The lowest BCUT2D eigenvalue weighted by Gasteiger charge is -2.14. The van der Waals surface area contributed by atoms with Crippen molar-refractivity contribution in [3.05, 3.63) is 22.7 Å². The lowest BCUT2D eigenvalue weighted by Crippen LogP contribution is -2.27. The van der Waals surface area contributed by atoms with Gasteiger partial charge in [0.15, 0.2) is 5.78 Å². The van der Waals surface area contributed by atoms with Crippen molar-refractivity contribution in [2.24, 2.45) is 5.92 Å². The maximum absolute atomic E-state index is 12.1. The Morgan fingerprint density at radius 3 is 2.82 bits per heavy atom. The molecule has 1 heterocycles. The van der Waals surface area contributed by atoms with Crippen molar-refractivity contribution in [2.75, 3.05) is 26.1 Å². The zero-order chi connectivity index (χ0) is 16.3. The Labute approximate surface area is 133 Å². The smallest absolute Gasteiger partial charge is 0.202 e. The number of carbonyl (C=O) groups is 2. The van der Waals surface area contributed by atoms with Gasteiger partial charge in [-0.15, -0.1) is 0 Å². The topological polar surface area (TPSA) is 98.9 Å². The first-order valence-electron chi connectivity index (χ1n) is 6.86. The summed E-state index contributed by atoms with van der Waals surface area (Å²) in [4.78, 5) is 24.1. The number of ether oxygens (including phenoxy) is 2. The monoisotopic (exact) mass is 327 g/mol. The fraction of sp³-hybridized carbons (Fsp3) is 0.467. The maximum Gasteiger partial charge on any atom is 0.202 e. The molecule has 0 saturated carbocycles. The number of benzene rings is 1. The van der Waals surface area contributed by atoms with E-state index >= 15 is 0 Å². The summed E-state index contributed by atoms with van der Waals surface area (Å²) in [6.45, 7) is 0.812. The van der Waals surface area contributed by atoms with Crippen LogP contribution >= 0.6 is 11.6 Å². The number of phenols is 1. The van der Waals surface area contributed by atoms with Crippen molar-refractivity contribution in [2.45, 2.75) is 18.9 Å². The summed E-state index contributed by atoms with van der Waals surface area (Å²) in [5.41, 5.74) is 5.86. The quantitative estimate of drug-likeness (QED) is 0.465. The van der Waals surface area contributed by atoms with Crippen LogP contribution in [-0.4, -0.2) is 43.1 Å². The van der Waals surface area contributed by atoms with Crippen LogP contribution in [0.5, 0.6) is 5.75 Å². The molecule has 0 unspecified atom stereocenters. The van der Waals surface area contributed by atoms with E-state index in [0.29, 0.717) is 13.2 Å². The molecule has 1 fully saturated rings. The number of nitrogens with two attached hydrogens (primary N) is 1. The first-order chi connectivity index (χ1) is 10.4. The number of Topliss-reactive ketones (excluding diaryl/α,β-unsaturated/α-hetero) is 2. The minimum Gasteiger partial charge on any atom is -0.505 e. The van der Waals surface area contributed by atoms with Gasteiger partial charge < -0.3 is 20.3 Å². The van der Waals surface area contributed by atoms with E-state index in [1.54, 1.807) is 7.11 Å². The molecule has 0 aromatic heterocycles. The van der Waals surface area contributed by atoms with E-state index < -0.39 is 11.6 Å². The molecule has 0 aliphatic carbocycles. The van der Waals surface area contributed by atoms with Crippen LogP contribution in [0.3, 0.4) is 0 Å². The molecule has 2 atom stereocenters. The average Bonchev–Trinajstić information content (AvgIpc) is 2.94. The molecule has 1 aliphatic heterocycles. The Balaban J connectivity index is 2.03. The number of carbonyl (C=O) groups excluding carboxylic acids is 2. The van der Waals surface area contributed by atoms with Crippen molar-refractivity contribution in [1.29, 1.82) is 0 Å². The van der Waals surface area contributed by atoms with Gasteiger partial charge in [0.05, 0.1) is 25.0 Å². The van der Waals surface area contributed by atoms with Gasteiger partial charge in [-0.3, -0.25) is 9.59 Å². The van der Waals surface area contributed by atoms with Crippen LogP contribution in [0.4, 0.5) is 5.69 Å².